The molecule has 1 N–H and O–H groups in total. The van der Waals surface area contributed by atoms with E-state index in [1.165, 1.54) is 11.8 Å². The van der Waals surface area contributed by atoms with Crippen molar-refractivity contribution >= 4 is 35.4 Å². The van der Waals surface area contributed by atoms with E-state index in [4.69, 9.17) is 4.74 Å². The third kappa shape index (κ3) is 4.77. The number of allylic oxidation sites excluding steroid dienone is 1. The Morgan fingerprint density at radius 3 is 2.59 bits per heavy atom. The van der Waals surface area contributed by atoms with Crippen molar-refractivity contribution < 1.29 is 14.3 Å². The summed E-state index contributed by atoms with van der Waals surface area (Å²) in [5.41, 5.74) is 1.70. The Balaban J connectivity index is 1.80. The monoisotopic (exact) mass is 382 g/mol. The molecular formula is C21H22N2O3S. The van der Waals surface area contributed by atoms with Crippen molar-refractivity contribution in [1.82, 2.24) is 5.32 Å². The molecule has 0 saturated carbocycles. The molecule has 0 radical (unpaired) electrons. The average Bonchev–Trinajstić information content (AvgIpc) is 2.61. The number of aliphatic imine (C=N–C) groups is 1. The van der Waals surface area contributed by atoms with Crippen LogP contribution in [-0.4, -0.2) is 35.4 Å². The molecule has 0 aromatic heterocycles. The molecule has 5 nitrogen and oxygen atoms in total. The first-order chi connectivity index (χ1) is 12.7. The average molecular weight is 382 g/mol. The first-order valence-corrected chi connectivity index (χ1v) is 9.51. The van der Waals surface area contributed by atoms with Crippen molar-refractivity contribution in [3.8, 4) is 5.75 Å². The summed E-state index contributed by atoms with van der Waals surface area (Å²) in [7, 11) is 1.61. The number of hydrogen-bond donors (Lipinski definition) is 1. The SMILES string of the molecule is COc1ccc(/C=C2/SC3C=CC(C(=O)NC(C)(C)C)=CC3=NC2=O)cc1. The van der Waals surface area contributed by atoms with Gasteiger partial charge in [0.2, 0.25) is 0 Å². The zero-order valence-electron chi connectivity index (χ0n) is 15.8. The van der Waals surface area contributed by atoms with Gasteiger partial charge in [-0.2, -0.15) is 0 Å². The van der Waals surface area contributed by atoms with Gasteiger partial charge in [0.15, 0.2) is 0 Å². The van der Waals surface area contributed by atoms with E-state index in [1.807, 2.05) is 57.2 Å². The third-order valence-electron chi connectivity index (χ3n) is 3.91. The number of hydrogen-bond acceptors (Lipinski definition) is 4. The quantitative estimate of drug-likeness (QED) is 0.812. The van der Waals surface area contributed by atoms with Gasteiger partial charge in [-0.05, 0) is 50.6 Å². The highest BCUT2D eigenvalue weighted by Crippen LogP contribution is 2.34. The van der Waals surface area contributed by atoms with Crippen LogP contribution < -0.4 is 10.1 Å². The number of carbonyl (C=O) groups excluding carboxylic acids is 2. The van der Waals surface area contributed by atoms with Crippen LogP contribution in [0.1, 0.15) is 26.3 Å². The van der Waals surface area contributed by atoms with Crippen molar-refractivity contribution in [2.45, 2.75) is 31.6 Å². The number of nitrogens with zero attached hydrogens (tertiary/aromatic N) is 1. The topological polar surface area (TPSA) is 67.8 Å². The first kappa shape index (κ1) is 19.2. The number of ether oxygens (including phenoxy) is 1. The molecule has 140 valence electrons. The smallest absolute Gasteiger partial charge is 0.283 e. The molecule has 3 rings (SSSR count). The van der Waals surface area contributed by atoms with Crippen LogP contribution >= 0.6 is 11.8 Å². The van der Waals surface area contributed by atoms with Crippen molar-refractivity contribution in [2.24, 2.45) is 4.99 Å². The summed E-state index contributed by atoms with van der Waals surface area (Å²) in [4.78, 5) is 29.5. The van der Waals surface area contributed by atoms with E-state index in [1.54, 1.807) is 19.3 Å². The lowest BCUT2D eigenvalue weighted by Crippen LogP contribution is -2.41. The van der Waals surface area contributed by atoms with Crippen LogP contribution in [0.4, 0.5) is 0 Å². The lowest BCUT2D eigenvalue weighted by atomic mass is 10.0. The summed E-state index contributed by atoms with van der Waals surface area (Å²) in [6.07, 6.45) is 7.22. The standard InChI is InChI=1S/C21H22N2O3S/c1-21(2,3)23-19(24)14-7-10-17-16(12-14)22-20(25)18(27-17)11-13-5-8-15(26-4)9-6-13/h5-12,17H,1-4H3,(H,23,24)/b18-11+. The van der Waals surface area contributed by atoms with E-state index in [0.717, 1.165) is 11.3 Å². The second-order valence-electron chi connectivity index (χ2n) is 7.32. The van der Waals surface area contributed by atoms with Crippen LogP contribution in [0.25, 0.3) is 6.08 Å². The van der Waals surface area contributed by atoms with E-state index in [-0.39, 0.29) is 22.6 Å². The second-order valence-corrected chi connectivity index (χ2v) is 8.51. The highest BCUT2D eigenvalue weighted by Gasteiger charge is 2.29. The van der Waals surface area contributed by atoms with Crippen LogP contribution in [0.5, 0.6) is 5.75 Å². The fraction of sp³-hybridized carbons (Fsp3) is 0.286. The molecule has 1 aliphatic heterocycles. The van der Waals surface area contributed by atoms with Gasteiger partial charge < -0.3 is 10.1 Å². The number of nitrogens with one attached hydrogen (secondary N) is 1. The van der Waals surface area contributed by atoms with E-state index in [2.05, 4.69) is 10.3 Å². The molecule has 0 bridgehead atoms. The predicted octanol–water partition coefficient (Wildman–Crippen LogP) is 3.53. The molecule has 1 aromatic rings. The lowest BCUT2D eigenvalue weighted by molar-refractivity contribution is -0.118. The van der Waals surface area contributed by atoms with Crippen molar-refractivity contribution in [2.75, 3.05) is 7.11 Å². The third-order valence-corrected chi connectivity index (χ3v) is 5.10. The van der Waals surface area contributed by atoms with Crippen LogP contribution in [-0.2, 0) is 9.59 Å². The van der Waals surface area contributed by atoms with Crippen molar-refractivity contribution in [3.05, 3.63) is 58.5 Å². The number of thioether (sulfide) groups is 1. The maximum absolute atomic E-state index is 12.4. The summed E-state index contributed by atoms with van der Waals surface area (Å²) in [6.45, 7) is 5.78. The molecule has 0 fully saturated rings. The number of carbonyl (C=O) groups is 2. The molecule has 1 heterocycles. The minimum atomic E-state index is -0.324. The van der Waals surface area contributed by atoms with E-state index >= 15 is 0 Å². The van der Waals surface area contributed by atoms with E-state index in [0.29, 0.717) is 16.2 Å². The summed E-state index contributed by atoms with van der Waals surface area (Å²) in [6, 6.07) is 7.49. The maximum atomic E-state index is 12.4. The molecule has 1 atom stereocenters. The van der Waals surface area contributed by atoms with Crippen LogP contribution in [0.15, 0.2) is 58.0 Å². The minimum Gasteiger partial charge on any atom is -0.497 e. The zero-order chi connectivity index (χ0) is 19.6. The molecular weight excluding hydrogens is 360 g/mol. The lowest BCUT2D eigenvalue weighted by Gasteiger charge is -2.25. The van der Waals surface area contributed by atoms with E-state index < -0.39 is 0 Å². The van der Waals surface area contributed by atoms with Gasteiger partial charge in [0.05, 0.1) is 23.0 Å². The maximum Gasteiger partial charge on any atom is 0.283 e. The summed E-state index contributed by atoms with van der Waals surface area (Å²) < 4.78 is 5.15. The van der Waals surface area contributed by atoms with Gasteiger partial charge in [-0.1, -0.05) is 24.3 Å². The first-order valence-electron chi connectivity index (χ1n) is 8.63. The van der Waals surface area contributed by atoms with Crippen LogP contribution in [0.2, 0.25) is 0 Å². The predicted molar refractivity (Wildman–Crippen MR) is 110 cm³/mol. The molecule has 6 heteroatoms. The van der Waals surface area contributed by atoms with Gasteiger partial charge in [-0.3, -0.25) is 9.59 Å². The Morgan fingerprint density at radius 2 is 1.96 bits per heavy atom. The highest BCUT2D eigenvalue weighted by atomic mass is 32.2. The summed E-state index contributed by atoms with van der Waals surface area (Å²) >= 11 is 1.44. The van der Waals surface area contributed by atoms with Gasteiger partial charge in [0, 0.05) is 11.1 Å². The fourth-order valence-corrected chi connectivity index (χ4v) is 3.66. The molecule has 0 saturated heterocycles. The largest absolute Gasteiger partial charge is 0.497 e. The Kier molecular flexibility index (Phi) is 5.37. The Bertz CT molecular complexity index is 887. The van der Waals surface area contributed by atoms with Gasteiger partial charge in [-0.25, -0.2) is 4.99 Å². The molecule has 1 aromatic carbocycles. The van der Waals surface area contributed by atoms with Gasteiger partial charge in [-0.15, -0.1) is 11.8 Å². The Morgan fingerprint density at radius 1 is 1.26 bits per heavy atom. The number of amides is 2. The molecule has 27 heavy (non-hydrogen) atoms. The summed E-state index contributed by atoms with van der Waals surface area (Å²) in [5, 5.41) is 2.85. The number of rotatable bonds is 3. The van der Waals surface area contributed by atoms with Gasteiger partial charge in [0.25, 0.3) is 11.8 Å². The number of fused-ring (bicyclic) bond motifs is 1. The molecule has 0 spiro atoms. The molecule has 2 amide bonds. The normalized spacial score (nSPS) is 20.7. The molecule has 1 unspecified atom stereocenters. The Hall–Kier alpha value is -2.60. The minimum absolute atomic E-state index is 0.0709. The van der Waals surface area contributed by atoms with E-state index in [9.17, 15) is 9.59 Å². The zero-order valence-corrected chi connectivity index (χ0v) is 16.6. The van der Waals surface area contributed by atoms with Crippen molar-refractivity contribution in [1.29, 1.82) is 0 Å². The van der Waals surface area contributed by atoms with Crippen LogP contribution in [0.3, 0.4) is 0 Å². The molecule has 1 aliphatic carbocycles. The summed E-state index contributed by atoms with van der Waals surface area (Å²) in [5.74, 6) is 0.308. The number of methoxy groups -OCH3 is 1. The van der Waals surface area contributed by atoms with Gasteiger partial charge >= 0.3 is 0 Å². The second kappa shape index (κ2) is 7.56. The Labute approximate surface area is 163 Å². The number of benzene rings is 1. The van der Waals surface area contributed by atoms with Crippen LogP contribution in [0, 0.1) is 0 Å². The fourth-order valence-electron chi connectivity index (χ4n) is 2.64. The van der Waals surface area contributed by atoms with Crippen molar-refractivity contribution in [3.63, 3.8) is 0 Å². The highest BCUT2D eigenvalue weighted by molar-refractivity contribution is 8.05. The molecule has 2 aliphatic rings. The van der Waals surface area contributed by atoms with Gasteiger partial charge in [0.1, 0.15) is 5.75 Å².